The predicted octanol–water partition coefficient (Wildman–Crippen LogP) is 6.19. The second kappa shape index (κ2) is 8.55. The van der Waals surface area contributed by atoms with Crippen molar-refractivity contribution in [2.75, 3.05) is 11.9 Å². The maximum atomic E-state index is 12.5. The van der Waals surface area contributed by atoms with E-state index in [0.29, 0.717) is 9.88 Å². The molecule has 2 N–H and O–H groups in total. The highest BCUT2D eigenvalue weighted by atomic mass is 32.1. The minimum atomic E-state index is -0.553. The average Bonchev–Trinajstić information content (AvgIpc) is 3.30. The van der Waals surface area contributed by atoms with E-state index in [0.717, 1.165) is 28.9 Å². The van der Waals surface area contributed by atoms with Gasteiger partial charge in [-0.1, -0.05) is 43.3 Å². The van der Waals surface area contributed by atoms with Crippen LogP contribution >= 0.6 is 11.3 Å². The number of hydrogen-bond acceptors (Lipinski definition) is 6. The molecule has 0 saturated heterocycles. The fourth-order valence-corrected chi connectivity index (χ4v) is 4.45. The van der Waals surface area contributed by atoms with E-state index in [1.807, 2.05) is 48.5 Å². The molecule has 1 aliphatic rings. The molecule has 0 bridgehead atoms. The molecule has 0 atom stereocenters. The summed E-state index contributed by atoms with van der Waals surface area (Å²) in [6.45, 7) is 4.08. The molecule has 152 valence electrons. The van der Waals surface area contributed by atoms with E-state index in [-0.39, 0.29) is 17.9 Å². The van der Waals surface area contributed by atoms with Gasteiger partial charge in [-0.15, -0.1) is 11.3 Å². The number of benzene rings is 2. The van der Waals surface area contributed by atoms with Gasteiger partial charge in [0.1, 0.15) is 16.3 Å². The number of fused-ring (bicyclic) bond motifs is 1. The van der Waals surface area contributed by atoms with E-state index in [1.165, 1.54) is 16.9 Å². The van der Waals surface area contributed by atoms with Crippen molar-refractivity contribution in [1.29, 1.82) is 0 Å². The fraction of sp³-hybridized carbons (Fsp3) is 0.167. The third-order valence-electron chi connectivity index (χ3n) is 4.85. The predicted molar refractivity (Wildman–Crippen MR) is 124 cm³/mol. The standard InChI is InChI=1S/C24H22N2O3S/c1-3-15-9-8-12-18-16(14-25-21(15)18)13-19-22(27)20(24(28)29-4-2)23(30-19)26-17-10-6-5-7-11-17/h5-14,26-27H,3-4H2,1-2H3. The van der Waals surface area contributed by atoms with Gasteiger partial charge in [-0.05, 0) is 37.1 Å². The molecule has 3 aromatic rings. The van der Waals surface area contributed by atoms with Crippen molar-refractivity contribution in [3.05, 3.63) is 70.1 Å². The molecule has 1 aliphatic heterocycles. The van der Waals surface area contributed by atoms with Gasteiger partial charge >= 0.3 is 5.97 Å². The summed E-state index contributed by atoms with van der Waals surface area (Å²) in [6.07, 6.45) is 4.57. The van der Waals surface area contributed by atoms with Gasteiger partial charge in [0.2, 0.25) is 0 Å². The zero-order valence-electron chi connectivity index (χ0n) is 16.8. The van der Waals surface area contributed by atoms with Crippen LogP contribution in [0.1, 0.15) is 40.2 Å². The van der Waals surface area contributed by atoms with Gasteiger partial charge in [0.05, 0.1) is 17.2 Å². The monoisotopic (exact) mass is 418 g/mol. The molecule has 1 aromatic heterocycles. The molecule has 0 spiro atoms. The number of aryl methyl sites for hydroxylation is 1. The third kappa shape index (κ3) is 3.74. The summed E-state index contributed by atoms with van der Waals surface area (Å²) in [5.74, 6) is -0.638. The molecule has 6 heteroatoms. The largest absolute Gasteiger partial charge is 0.505 e. The smallest absolute Gasteiger partial charge is 0.344 e. The summed E-state index contributed by atoms with van der Waals surface area (Å²) < 4.78 is 5.18. The molecule has 0 aliphatic carbocycles. The molecular weight excluding hydrogens is 396 g/mol. The van der Waals surface area contributed by atoms with Crippen LogP contribution in [0, 0.1) is 0 Å². The van der Waals surface area contributed by atoms with Crippen LogP contribution < -0.4 is 5.32 Å². The van der Waals surface area contributed by atoms with Crippen molar-refractivity contribution < 1.29 is 14.6 Å². The second-order valence-electron chi connectivity index (χ2n) is 6.76. The molecule has 2 aromatic carbocycles. The quantitative estimate of drug-likeness (QED) is 0.468. The first-order valence-electron chi connectivity index (χ1n) is 9.85. The topological polar surface area (TPSA) is 70.9 Å². The van der Waals surface area contributed by atoms with E-state index >= 15 is 0 Å². The minimum absolute atomic E-state index is 0.0853. The Balaban J connectivity index is 1.77. The zero-order valence-corrected chi connectivity index (χ0v) is 17.6. The third-order valence-corrected chi connectivity index (χ3v) is 5.89. The van der Waals surface area contributed by atoms with Crippen LogP contribution in [0.15, 0.2) is 53.5 Å². The summed E-state index contributed by atoms with van der Waals surface area (Å²) >= 11 is 1.31. The Morgan fingerprint density at radius 1 is 1.17 bits per heavy atom. The van der Waals surface area contributed by atoms with Gasteiger partial charge in [0.15, 0.2) is 0 Å². The van der Waals surface area contributed by atoms with Gasteiger partial charge in [0.25, 0.3) is 0 Å². The van der Waals surface area contributed by atoms with Crippen molar-refractivity contribution in [1.82, 2.24) is 0 Å². The molecule has 4 rings (SSSR count). The van der Waals surface area contributed by atoms with Crippen LogP contribution in [0.4, 0.5) is 16.4 Å². The van der Waals surface area contributed by atoms with Crippen LogP contribution in [-0.2, 0) is 11.2 Å². The van der Waals surface area contributed by atoms with Crippen LogP contribution in [-0.4, -0.2) is 23.9 Å². The molecule has 0 radical (unpaired) electrons. The number of allylic oxidation sites excluding steroid dienone is 1. The Labute approximate surface area is 179 Å². The maximum Gasteiger partial charge on any atom is 0.344 e. The van der Waals surface area contributed by atoms with Crippen molar-refractivity contribution >= 4 is 51.5 Å². The number of carbonyl (C=O) groups excluding carboxylic acids is 1. The summed E-state index contributed by atoms with van der Waals surface area (Å²) in [4.78, 5) is 17.7. The lowest BCUT2D eigenvalue weighted by atomic mass is 10.0. The van der Waals surface area contributed by atoms with Crippen LogP contribution in [0.5, 0.6) is 5.75 Å². The number of aliphatic imine (C=N–C) groups is 1. The minimum Gasteiger partial charge on any atom is -0.505 e. The molecule has 0 fully saturated rings. The summed E-state index contributed by atoms with van der Waals surface area (Å²) in [7, 11) is 0. The van der Waals surface area contributed by atoms with E-state index in [2.05, 4.69) is 23.3 Å². The molecule has 30 heavy (non-hydrogen) atoms. The first kappa shape index (κ1) is 19.9. The van der Waals surface area contributed by atoms with Crippen LogP contribution in [0.25, 0.3) is 11.6 Å². The normalized spacial score (nSPS) is 13.5. The number of ether oxygens (including phenoxy) is 1. The number of carbonyl (C=O) groups is 1. The molecule has 0 unspecified atom stereocenters. The van der Waals surface area contributed by atoms with Gasteiger partial charge in [-0.3, -0.25) is 4.99 Å². The SMILES string of the molecule is CCOC(=O)c1c(Nc2ccccc2)sc(C=C2C=Nc3c(CC)cccc32)c1O. The molecule has 5 nitrogen and oxygen atoms in total. The number of para-hydroxylation sites is 2. The van der Waals surface area contributed by atoms with Gasteiger partial charge < -0.3 is 15.2 Å². The van der Waals surface area contributed by atoms with Crippen LogP contribution in [0.3, 0.4) is 0 Å². The van der Waals surface area contributed by atoms with Crippen LogP contribution in [0.2, 0.25) is 0 Å². The van der Waals surface area contributed by atoms with Gasteiger partial charge in [0, 0.05) is 23.0 Å². The number of rotatable bonds is 6. The summed E-state index contributed by atoms with van der Waals surface area (Å²) in [5.41, 5.74) is 5.05. The van der Waals surface area contributed by atoms with Gasteiger partial charge in [-0.2, -0.15) is 0 Å². The van der Waals surface area contributed by atoms with E-state index in [4.69, 9.17) is 4.74 Å². The van der Waals surface area contributed by atoms with Crippen molar-refractivity contribution in [3.8, 4) is 5.75 Å². The number of anilines is 2. The highest BCUT2D eigenvalue weighted by Gasteiger charge is 2.25. The van der Waals surface area contributed by atoms with Crippen molar-refractivity contribution in [3.63, 3.8) is 0 Å². The fourth-order valence-electron chi connectivity index (χ4n) is 3.39. The van der Waals surface area contributed by atoms with Crippen molar-refractivity contribution in [2.24, 2.45) is 4.99 Å². The summed E-state index contributed by atoms with van der Waals surface area (Å²) in [6, 6.07) is 15.6. The number of aromatic hydroxyl groups is 1. The Morgan fingerprint density at radius 3 is 2.70 bits per heavy atom. The first-order chi connectivity index (χ1) is 14.6. The highest BCUT2D eigenvalue weighted by Crippen LogP contribution is 2.44. The Morgan fingerprint density at radius 2 is 1.97 bits per heavy atom. The molecule has 2 heterocycles. The lowest BCUT2D eigenvalue weighted by Crippen LogP contribution is -2.06. The van der Waals surface area contributed by atoms with E-state index in [9.17, 15) is 9.90 Å². The van der Waals surface area contributed by atoms with Crippen molar-refractivity contribution in [2.45, 2.75) is 20.3 Å². The zero-order chi connectivity index (χ0) is 21.1. The van der Waals surface area contributed by atoms with Gasteiger partial charge in [-0.25, -0.2) is 4.79 Å². The number of hydrogen-bond donors (Lipinski definition) is 2. The average molecular weight is 419 g/mol. The summed E-state index contributed by atoms with van der Waals surface area (Å²) in [5, 5.41) is 14.6. The molecular formula is C24H22N2O3S. The lowest BCUT2D eigenvalue weighted by Gasteiger charge is -2.07. The number of nitrogens with one attached hydrogen (secondary N) is 1. The lowest BCUT2D eigenvalue weighted by molar-refractivity contribution is 0.0525. The Kier molecular flexibility index (Phi) is 5.68. The number of nitrogens with zero attached hydrogens (tertiary/aromatic N) is 1. The first-order valence-corrected chi connectivity index (χ1v) is 10.7. The molecule has 0 amide bonds. The number of esters is 1. The molecule has 0 saturated carbocycles. The maximum absolute atomic E-state index is 12.5. The number of thiophene rings is 1. The Hall–Kier alpha value is -3.38. The van der Waals surface area contributed by atoms with E-state index in [1.54, 1.807) is 13.1 Å². The highest BCUT2D eigenvalue weighted by molar-refractivity contribution is 7.18. The van der Waals surface area contributed by atoms with E-state index < -0.39 is 5.97 Å². The second-order valence-corrected chi connectivity index (χ2v) is 7.81. The Bertz CT molecular complexity index is 1150.